The van der Waals surface area contributed by atoms with Crippen molar-refractivity contribution in [2.45, 2.75) is 32.6 Å². The van der Waals surface area contributed by atoms with Crippen molar-refractivity contribution in [3.63, 3.8) is 0 Å². The van der Waals surface area contributed by atoms with E-state index in [1.165, 1.54) is 11.1 Å². The minimum atomic E-state index is 0.276. The fourth-order valence-corrected chi connectivity index (χ4v) is 3.03. The normalized spacial score (nSPS) is 25.3. The van der Waals surface area contributed by atoms with E-state index in [0.29, 0.717) is 0 Å². The third-order valence-corrected chi connectivity index (χ3v) is 4.25. The summed E-state index contributed by atoms with van der Waals surface area (Å²) in [6.45, 7) is 7.01. The molecule has 1 aromatic rings. The Morgan fingerprint density at radius 2 is 2.22 bits per heavy atom. The van der Waals surface area contributed by atoms with Gasteiger partial charge in [-0.1, -0.05) is 39.7 Å². The monoisotopic (exact) mass is 331 g/mol. The molecule has 18 heavy (non-hydrogen) atoms. The van der Waals surface area contributed by atoms with Gasteiger partial charge < -0.3 is 4.74 Å². The second-order valence-electron chi connectivity index (χ2n) is 5.01. The molecule has 1 aliphatic rings. The smallest absolute Gasteiger partial charge is 0.0802 e. The lowest BCUT2D eigenvalue weighted by Gasteiger charge is -2.36. The average Bonchev–Trinajstić information content (AvgIpc) is 2.32. The van der Waals surface area contributed by atoms with Crippen molar-refractivity contribution < 1.29 is 4.74 Å². The topological polar surface area (TPSA) is 12.5 Å². The fourth-order valence-electron chi connectivity index (χ4n) is 2.38. The van der Waals surface area contributed by atoms with Gasteiger partial charge in [-0.2, -0.15) is 0 Å². The van der Waals surface area contributed by atoms with E-state index in [1.54, 1.807) is 0 Å². The number of aryl methyl sites for hydroxylation is 1. The van der Waals surface area contributed by atoms with E-state index in [-0.39, 0.29) is 12.2 Å². The van der Waals surface area contributed by atoms with Crippen LogP contribution in [0.15, 0.2) is 18.2 Å². The zero-order chi connectivity index (χ0) is 13.1. The van der Waals surface area contributed by atoms with Crippen LogP contribution in [0.2, 0.25) is 5.02 Å². The summed E-state index contributed by atoms with van der Waals surface area (Å²) >= 11 is 9.79. The average molecular weight is 333 g/mol. The first-order valence-electron chi connectivity index (χ1n) is 6.27. The molecular formula is C14H19BrClNO. The molecule has 0 saturated carbocycles. The zero-order valence-corrected chi connectivity index (χ0v) is 13.2. The van der Waals surface area contributed by atoms with Crippen LogP contribution in [-0.2, 0) is 11.3 Å². The van der Waals surface area contributed by atoms with Crippen molar-refractivity contribution in [2.24, 2.45) is 0 Å². The molecule has 100 valence electrons. The maximum Gasteiger partial charge on any atom is 0.0802 e. The van der Waals surface area contributed by atoms with Gasteiger partial charge in [0.25, 0.3) is 0 Å². The highest BCUT2D eigenvalue weighted by Crippen LogP contribution is 2.21. The van der Waals surface area contributed by atoms with Crippen LogP contribution in [0, 0.1) is 6.92 Å². The number of hydrogen-bond donors (Lipinski definition) is 0. The number of ether oxygens (including phenoxy) is 1. The van der Waals surface area contributed by atoms with Gasteiger partial charge >= 0.3 is 0 Å². The zero-order valence-electron chi connectivity index (χ0n) is 10.8. The number of rotatable bonds is 3. The summed E-state index contributed by atoms with van der Waals surface area (Å²) in [5.41, 5.74) is 2.40. The van der Waals surface area contributed by atoms with Crippen LogP contribution < -0.4 is 0 Å². The van der Waals surface area contributed by atoms with Crippen molar-refractivity contribution in [1.29, 1.82) is 0 Å². The maximum atomic E-state index is 6.29. The molecule has 1 heterocycles. The molecule has 2 unspecified atom stereocenters. The van der Waals surface area contributed by atoms with Crippen LogP contribution >= 0.6 is 27.5 Å². The van der Waals surface area contributed by atoms with Crippen molar-refractivity contribution >= 4 is 27.5 Å². The van der Waals surface area contributed by atoms with Crippen molar-refractivity contribution in [3.05, 3.63) is 34.3 Å². The highest BCUT2D eigenvalue weighted by molar-refractivity contribution is 9.09. The maximum absolute atomic E-state index is 6.29. The molecule has 0 aromatic heterocycles. The molecule has 1 fully saturated rings. The van der Waals surface area contributed by atoms with E-state index in [0.717, 1.165) is 30.0 Å². The minimum Gasteiger partial charge on any atom is -0.372 e. The molecule has 0 spiro atoms. The quantitative estimate of drug-likeness (QED) is 0.784. The summed E-state index contributed by atoms with van der Waals surface area (Å²) < 4.78 is 5.83. The molecule has 2 rings (SSSR count). The van der Waals surface area contributed by atoms with E-state index in [2.05, 4.69) is 46.8 Å². The molecule has 0 bridgehead atoms. The number of alkyl halides is 1. The first kappa shape index (κ1) is 14.3. The first-order valence-corrected chi connectivity index (χ1v) is 7.77. The van der Waals surface area contributed by atoms with Crippen LogP contribution in [0.4, 0.5) is 0 Å². The SMILES string of the molecule is Cc1ccc(CN2CC(C)OC(CBr)C2)c(Cl)c1. The van der Waals surface area contributed by atoms with E-state index < -0.39 is 0 Å². The molecule has 2 nitrogen and oxygen atoms in total. The van der Waals surface area contributed by atoms with Gasteiger partial charge in [0.2, 0.25) is 0 Å². The Hall–Kier alpha value is -0.0900. The van der Waals surface area contributed by atoms with Gasteiger partial charge in [-0.05, 0) is 31.0 Å². The molecule has 0 amide bonds. The van der Waals surface area contributed by atoms with E-state index in [9.17, 15) is 0 Å². The van der Waals surface area contributed by atoms with Gasteiger partial charge in [0.15, 0.2) is 0 Å². The largest absolute Gasteiger partial charge is 0.372 e. The summed E-state index contributed by atoms with van der Waals surface area (Å²) in [5, 5.41) is 1.75. The van der Waals surface area contributed by atoms with Crippen molar-refractivity contribution in [2.75, 3.05) is 18.4 Å². The summed E-state index contributed by atoms with van der Waals surface area (Å²) in [6.07, 6.45) is 0.559. The van der Waals surface area contributed by atoms with Gasteiger partial charge in [0.1, 0.15) is 0 Å². The lowest BCUT2D eigenvalue weighted by Crippen LogP contribution is -2.46. The fraction of sp³-hybridized carbons (Fsp3) is 0.571. The van der Waals surface area contributed by atoms with E-state index in [4.69, 9.17) is 16.3 Å². The number of nitrogens with zero attached hydrogens (tertiary/aromatic N) is 1. The predicted molar refractivity (Wildman–Crippen MR) is 79.6 cm³/mol. The molecule has 0 aliphatic carbocycles. The van der Waals surface area contributed by atoms with Gasteiger partial charge in [-0.3, -0.25) is 4.90 Å². The summed E-state index contributed by atoms with van der Waals surface area (Å²) in [6, 6.07) is 6.27. The third kappa shape index (κ3) is 3.70. The third-order valence-electron chi connectivity index (χ3n) is 3.18. The molecule has 1 aliphatic heterocycles. The second kappa shape index (κ2) is 6.38. The van der Waals surface area contributed by atoms with Gasteiger partial charge in [-0.25, -0.2) is 0 Å². The second-order valence-corrected chi connectivity index (χ2v) is 6.07. The van der Waals surface area contributed by atoms with Crippen LogP contribution in [-0.4, -0.2) is 35.5 Å². The Morgan fingerprint density at radius 1 is 1.44 bits per heavy atom. The summed E-state index contributed by atoms with van der Waals surface area (Å²) in [5.74, 6) is 0. The van der Waals surface area contributed by atoms with Crippen molar-refractivity contribution in [1.82, 2.24) is 4.90 Å². The van der Waals surface area contributed by atoms with Gasteiger partial charge in [0.05, 0.1) is 12.2 Å². The number of morpholine rings is 1. The van der Waals surface area contributed by atoms with Gasteiger partial charge in [-0.15, -0.1) is 0 Å². The Morgan fingerprint density at radius 3 is 2.89 bits per heavy atom. The van der Waals surface area contributed by atoms with Crippen LogP contribution in [0.1, 0.15) is 18.1 Å². The van der Waals surface area contributed by atoms with Crippen LogP contribution in [0.3, 0.4) is 0 Å². The van der Waals surface area contributed by atoms with E-state index in [1.807, 2.05) is 6.07 Å². The minimum absolute atomic E-state index is 0.276. The van der Waals surface area contributed by atoms with Crippen molar-refractivity contribution in [3.8, 4) is 0 Å². The lowest BCUT2D eigenvalue weighted by molar-refractivity contribution is -0.0677. The van der Waals surface area contributed by atoms with Crippen LogP contribution in [0.25, 0.3) is 0 Å². The molecule has 0 radical (unpaired) electrons. The predicted octanol–water partition coefficient (Wildman–Crippen LogP) is 3.63. The lowest BCUT2D eigenvalue weighted by atomic mass is 10.1. The molecule has 1 saturated heterocycles. The van der Waals surface area contributed by atoms with Gasteiger partial charge in [0, 0.05) is 30.0 Å². The summed E-state index contributed by atoms with van der Waals surface area (Å²) in [4.78, 5) is 2.41. The Kier molecular flexibility index (Phi) is 5.07. The first-order chi connectivity index (χ1) is 8.58. The van der Waals surface area contributed by atoms with E-state index >= 15 is 0 Å². The number of hydrogen-bond acceptors (Lipinski definition) is 2. The highest BCUT2D eigenvalue weighted by atomic mass is 79.9. The Labute approximate surface area is 122 Å². The molecule has 2 atom stereocenters. The van der Waals surface area contributed by atoms with Crippen LogP contribution in [0.5, 0.6) is 0 Å². The Bertz CT molecular complexity index is 413. The standard InChI is InChI=1S/C14H19BrClNO/c1-10-3-4-12(14(16)5-10)8-17-7-11(2)18-13(6-15)9-17/h3-5,11,13H,6-9H2,1-2H3. The molecule has 0 N–H and O–H groups in total. The molecule has 4 heteroatoms. The highest BCUT2D eigenvalue weighted by Gasteiger charge is 2.24. The Balaban J connectivity index is 2.04. The summed E-state index contributed by atoms with van der Waals surface area (Å²) in [7, 11) is 0. The number of halogens is 2. The number of benzene rings is 1. The molecule has 1 aromatic carbocycles. The molecular weight excluding hydrogens is 314 g/mol.